The molecule has 0 saturated carbocycles. The maximum Gasteiger partial charge on any atom is 0.241 e. The molecule has 5 rings (SSSR count). The number of likely N-dealkylation sites (tertiary alicyclic amines) is 1. The summed E-state index contributed by atoms with van der Waals surface area (Å²) in [5.41, 5.74) is 8.34. The van der Waals surface area contributed by atoms with Crippen molar-refractivity contribution in [2.45, 2.75) is 63.2 Å². The van der Waals surface area contributed by atoms with E-state index in [-0.39, 0.29) is 11.9 Å². The maximum absolute atomic E-state index is 13.1. The van der Waals surface area contributed by atoms with Gasteiger partial charge in [0.15, 0.2) is 11.9 Å². The maximum atomic E-state index is 13.1. The van der Waals surface area contributed by atoms with E-state index in [9.17, 15) is 9.59 Å². The van der Waals surface area contributed by atoms with E-state index >= 15 is 0 Å². The van der Waals surface area contributed by atoms with Crippen molar-refractivity contribution >= 4 is 23.2 Å². The standard InChI is InChI=1S/C33H39N5O2/c1-32(2,34)31(40)36-33(24-39,21-11-14-25-12-5-3-6-13-25)37-22-19-27(20-23-37)38-29-18-10-9-17-28(29)35-30(38)26-15-7-4-8-16-26/h3-10,12-13,15-18,24,27H,11,14,19-23,34H2,1-2H3,(H,36,40). The van der Waals surface area contributed by atoms with Gasteiger partial charge in [-0.1, -0.05) is 72.8 Å². The Hall–Kier alpha value is -3.81. The predicted molar refractivity (Wildman–Crippen MR) is 160 cm³/mol. The topological polar surface area (TPSA) is 93.2 Å². The van der Waals surface area contributed by atoms with Crippen molar-refractivity contribution in [1.82, 2.24) is 19.8 Å². The fraction of sp³-hybridized carbons (Fsp3) is 0.364. The highest BCUT2D eigenvalue weighted by Crippen LogP contribution is 2.35. The summed E-state index contributed by atoms with van der Waals surface area (Å²) in [6, 6.07) is 29.0. The highest BCUT2D eigenvalue weighted by Gasteiger charge is 2.42. The molecule has 4 aromatic rings. The number of piperidine rings is 1. The van der Waals surface area contributed by atoms with Crippen molar-refractivity contribution in [3.8, 4) is 11.4 Å². The lowest BCUT2D eigenvalue weighted by Crippen LogP contribution is -2.67. The molecule has 7 nitrogen and oxygen atoms in total. The molecule has 3 N–H and O–H groups in total. The van der Waals surface area contributed by atoms with E-state index in [1.807, 2.05) is 42.5 Å². The van der Waals surface area contributed by atoms with Gasteiger partial charge in [-0.3, -0.25) is 14.5 Å². The Balaban J connectivity index is 1.39. The molecule has 1 atom stereocenters. The number of carbonyl (C=O) groups excluding carboxylic acids is 2. The number of nitrogens with one attached hydrogen (secondary N) is 1. The Labute approximate surface area is 236 Å². The molecule has 1 saturated heterocycles. The van der Waals surface area contributed by atoms with Crippen molar-refractivity contribution in [3.63, 3.8) is 0 Å². The number of amides is 1. The lowest BCUT2D eigenvalue weighted by molar-refractivity contribution is -0.137. The van der Waals surface area contributed by atoms with Gasteiger partial charge in [-0.15, -0.1) is 0 Å². The monoisotopic (exact) mass is 537 g/mol. The van der Waals surface area contributed by atoms with Crippen molar-refractivity contribution in [1.29, 1.82) is 0 Å². The van der Waals surface area contributed by atoms with Crippen LogP contribution in [-0.2, 0) is 16.0 Å². The van der Waals surface area contributed by atoms with Gasteiger partial charge in [0.05, 0.1) is 16.6 Å². The van der Waals surface area contributed by atoms with E-state index in [1.54, 1.807) is 13.8 Å². The van der Waals surface area contributed by atoms with Gasteiger partial charge in [0.25, 0.3) is 0 Å². The summed E-state index contributed by atoms with van der Waals surface area (Å²) in [6.45, 7) is 4.67. The summed E-state index contributed by atoms with van der Waals surface area (Å²) >= 11 is 0. The summed E-state index contributed by atoms with van der Waals surface area (Å²) in [4.78, 5) is 33.1. The highest BCUT2D eigenvalue weighted by atomic mass is 16.2. The van der Waals surface area contributed by atoms with Gasteiger partial charge in [0.2, 0.25) is 5.91 Å². The molecule has 2 heterocycles. The number of nitrogens with zero attached hydrogens (tertiary/aromatic N) is 3. The van der Waals surface area contributed by atoms with Crippen LogP contribution in [0.1, 0.15) is 51.1 Å². The zero-order valence-electron chi connectivity index (χ0n) is 23.4. The molecule has 0 aliphatic carbocycles. The van der Waals surface area contributed by atoms with Crippen LogP contribution in [-0.4, -0.2) is 50.9 Å². The van der Waals surface area contributed by atoms with Crippen LogP contribution in [0.3, 0.4) is 0 Å². The van der Waals surface area contributed by atoms with E-state index in [0.717, 1.165) is 54.4 Å². The molecule has 1 unspecified atom stereocenters. The summed E-state index contributed by atoms with van der Waals surface area (Å²) in [5, 5.41) is 3.07. The molecule has 3 aromatic carbocycles. The Morgan fingerprint density at radius 3 is 2.25 bits per heavy atom. The molecule has 208 valence electrons. The normalized spacial score (nSPS) is 16.5. The van der Waals surface area contributed by atoms with Crippen LogP contribution in [0.4, 0.5) is 0 Å². The number of fused-ring (bicyclic) bond motifs is 1. The van der Waals surface area contributed by atoms with Gasteiger partial charge in [-0.25, -0.2) is 4.98 Å². The second kappa shape index (κ2) is 11.7. The van der Waals surface area contributed by atoms with Crippen LogP contribution >= 0.6 is 0 Å². The summed E-state index contributed by atoms with van der Waals surface area (Å²) < 4.78 is 2.36. The number of aryl methyl sites for hydroxylation is 1. The van der Waals surface area contributed by atoms with Crippen LogP contribution in [0.5, 0.6) is 0 Å². The van der Waals surface area contributed by atoms with E-state index in [1.165, 1.54) is 5.56 Å². The zero-order valence-corrected chi connectivity index (χ0v) is 23.4. The average Bonchev–Trinajstić information content (AvgIpc) is 3.37. The molecule has 0 spiro atoms. The molecule has 1 aliphatic rings. The molecule has 0 radical (unpaired) electrons. The van der Waals surface area contributed by atoms with E-state index in [2.05, 4.69) is 57.2 Å². The molecule has 1 aromatic heterocycles. The quantitative estimate of drug-likeness (QED) is 0.274. The number of hydrogen-bond acceptors (Lipinski definition) is 5. The molecule has 1 amide bonds. The Morgan fingerprint density at radius 2 is 1.60 bits per heavy atom. The number of aromatic nitrogens is 2. The number of para-hydroxylation sites is 2. The third-order valence-electron chi connectivity index (χ3n) is 8.00. The minimum absolute atomic E-state index is 0.217. The third kappa shape index (κ3) is 5.86. The first-order valence-electron chi connectivity index (χ1n) is 14.2. The zero-order chi connectivity index (χ0) is 28.2. The smallest absolute Gasteiger partial charge is 0.241 e. The van der Waals surface area contributed by atoms with Gasteiger partial charge in [0, 0.05) is 24.7 Å². The number of aldehydes is 1. The third-order valence-corrected chi connectivity index (χ3v) is 8.00. The summed E-state index contributed by atoms with van der Waals surface area (Å²) in [6.07, 6.45) is 4.69. The molecule has 7 heteroatoms. The molecule has 1 aliphatic heterocycles. The number of nitrogens with two attached hydrogens (primary N) is 1. The number of benzene rings is 3. The molecular formula is C33H39N5O2. The molecule has 40 heavy (non-hydrogen) atoms. The predicted octanol–water partition coefficient (Wildman–Crippen LogP) is 5.11. The van der Waals surface area contributed by atoms with Crippen molar-refractivity contribution < 1.29 is 9.59 Å². The van der Waals surface area contributed by atoms with Gasteiger partial charge in [-0.2, -0.15) is 0 Å². The van der Waals surface area contributed by atoms with Gasteiger partial charge in [0.1, 0.15) is 5.82 Å². The largest absolute Gasteiger partial charge is 0.330 e. The summed E-state index contributed by atoms with van der Waals surface area (Å²) in [7, 11) is 0. The van der Waals surface area contributed by atoms with Gasteiger partial charge >= 0.3 is 0 Å². The van der Waals surface area contributed by atoms with Crippen molar-refractivity contribution in [2.24, 2.45) is 5.73 Å². The first-order valence-corrected chi connectivity index (χ1v) is 14.2. The van der Waals surface area contributed by atoms with E-state index in [4.69, 9.17) is 10.7 Å². The summed E-state index contributed by atoms with van der Waals surface area (Å²) in [5.74, 6) is 0.636. The number of hydrogen-bond donors (Lipinski definition) is 2. The first kappa shape index (κ1) is 27.7. The Bertz CT molecular complexity index is 1440. The Morgan fingerprint density at radius 1 is 0.975 bits per heavy atom. The van der Waals surface area contributed by atoms with Crippen LogP contribution < -0.4 is 11.1 Å². The van der Waals surface area contributed by atoms with Crippen LogP contribution in [0.15, 0.2) is 84.9 Å². The molecule has 0 bridgehead atoms. The van der Waals surface area contributed by atoms with E-state index in [0.29, 0.717) is 19.5 Å². The van der Waals surface area contributed by atoms with Crippen LogP contribution in [0.25, 0.3) is 22.4 Å². The second-order valence-electron chi connectivity index (χ2n) is 11.4. The SMILES string of the molecule is CC(C)(N)C(=O)NC(C=O)(CCCc1ccccc1)N1CCC(n2c(-c3ccccc3)nc3ccccc32)CC1. The number of carbonyl (C=O) groups is 2. The average molecular weight is 538 g/mol. The minimum Gasteiger partial charge on any atom is -0.330 e. The van der Waals surface area contributed by atoms with Crippen molar-refractivity contribution in [3.05, 3.63) is 90.5 Å². The fourth-order valence-corrected chi connectivity index (χ4v) is 5.76. The lowest BCUT2D eigenvalue weighted by atomic mass is 9.93. The van der Waals surface area contributed by atoms with Gasteiger partial charge in [-0.05, 0) is 63.6 Å². The minimum atomic E-state index is -1.10. The first-order chi connectivity index (χ1) is 19.3. The van der Waals surface area contributed by atoms with Crippen molar-refractivity contribution in [2.75, 3.05) is 13.1 Å². The molecule has 1 fully saturated rings. The second-order valence-corrected chi connectivity index (χ2v) is 11.4. The van der Waals surface area contributed by atoms with Crippen LogP contribution in [0, 0.1) is 0 Å². The highest BCUT2D eigenvalue weighted by molar-refractivity contribution is 5.88. The van der Waals surface area contributed by atoms with Gasteiger partial charge < -0.3 is 15.6 Å². The molecular weight excluding hydrogens is 498 g/mol. The lowest BCUT2D eigenvalue weighted by Gasteiger charge is -2.45. The number of rotatable bonds is 10. The number of imidazole rings is 1. The van der Waals surface area contributed by atoms with Crippen LogP contribution in [0.2, 0.25) is 0 Å². The fourth-order valence-electron chi connectivity index (χ4n) is 5.76. The van der Waals surface area contributed by atoms with E-state index < -0.39 is 11.2 Å². The Kier molecular flexibility index (Phi) is 8.14.